The van der Waals surface area contributed by atoms with Crippen LogP contribution in [0.3, 0.4) is 0 Å². The van der Waals surface area contributed by atoms with Gasteiger partial charge >= 0.3 is 0 Å². The van der Waals surface area contributed by atoms with Crippen LogP contribution in [0.4, 0.5) is 0 Å². The number of nitrogens with zero attached hydrogens (tertiary/aromatic N) is 2. The normalized spacial score (nSPS) is 31.7. The van der Waals surface area contributed by atoms with Gasteiger partial charge in [0.05, 0.1) is 0 Å². The van der Waals surface area contributed by atoms with E-state index in [9.17, 15) is 0 Å². The highest BCUT2D eigenvalue weighted by Crippen LogP contribution is 2.81. The summed E-state index contributed by atoms with van der Waals surface area (Å²) in [6, 6.07) is 0. The first-order valence-corrected chi connectivity index (χ1v) is 8.71. The van der Waals surface area contributed by atoms with Gasteiger partial charge in [-0.15, -0.1) is 0 Å². The minimum absolute atomic E-state index is 0.197. The quantitative estimate of drug-likeness (QED) is 0.583. The summed E-state index contributed by atoms with van der Waals surface area (Å²) < 4.78 is 4.93. The van der Waals surface area contributed by atoms with E-state index in [1.165, 1.54) is 0 Å². The van der Waals surface area contributed by atoms with E-state index < -0.39 is 7.58 Å². The van der Waals surface area contributed by atoms with E-state index in [0.29, 0.717) is 0 Å². The number of hydrogen-bond acceptors (Lipinski definition) is 2. The van der Waals surface area contributed by atoms with Crippen molar-refractivity contribution in [2.45, 2.75) is 52.6 Å². The van der Waals surface area contributed by atoms with Gasteiger partial charge in [0, 0.05) is 19.3 Å². The Morgan fingerprint density at radius 3 is 1.29 bits per heavy atom. The van der Waals surface area contributed by atoms with E-state index in [0.717, 1.165) is 0 Å². The molecule has 0 aliphatic carbocycles. The van der Waals surface area contributed by atoms with Gasteiger partial charge in [0.2, 0.25) is 0 Å². The third kappa shape index (κ3) is 2.25. The van der Waals surface area contributed by atoms with Crippen LogP contribution in [0.5, 0.6) is 0 Å². The van der Waals surface area contributed by atoms with Crippen LogP contribution in [0.25, 0.3) is 0 Å². The molecule has 0 amide bonds. The summed E-state index contributed by atoms with van der Waals surface area (Å²) in [5.74, 6) is 0. The first-order valence-electron chi connectivity index (χ1n) is 4.86. The lowest BCUT2D eigenvalue weighted by Gasteiger charge is -2.61. The van der Waals surface area contributed by atoms with Crippen molar-refractivity contribution in [1.29, 1.82) is 0 Å². The number of halogens is 1. The molecule has 0 aromatic rings. The molecule has 1 heterocycles. The zero-order valence-electron chi connectivity index (χ0n) is 10.2. The van der Waals surface area contributed by atoms with Gasteiger partial charge in [-0.05, 0) is 48.2 Å². The molecule has 1 aliphatic rings. The van der Waals surface area contributed by atoms with E-state index in [2.05, 4.69) is 57.1 Å². The Hall–Kier alpha value is 1.07. The van der Waals surface area contributed by atoms with Crippen LogP contribution in [-0.2, 0) is 0 Å². The average molecular weight is 255 g/mol. The zero-order valence-corrected chi connectivity index (χ0v) is 12.7. The van der Waals surface area contributed by atoms with Crippen molar-refractivity contribution < 1.29 is 0 Å². The Morgan fingerprint density at radius 1 is 0.857 bits per heavy atom. The van der Waals surface area contributed by atoms with Crippen LogP contribution < -0.4 is 0 Å². The molecule has 1 saturated heterocycles. The predicted octanol–water partition coefficient (Wildman–Crippen LogP) is 4.61. The molecule has 0 aromatic heterocycles. The Balaban J connectivity index is 2.76. The number of hydrogen-bond donors (Lipinski definition) is 0. The third-order valence-electron chi connectivity index (χ3n) is 2.06. The monoisotopic (exact) mass is 254 g/mol. The molecule has 0 spiro atoms. The van der Waals surface area contributed by atoms with Gasteiger partial charge in [-0.2, -0.15) is 0 Å². The number of rotatable bonds is 0. The topological polar surface area (TPSA) is 6.48 Å². The standard InChI is InChI=1S/C9H21ClN2P2/c1-8(2,3)11-13(7)12(14(11)10)9(4,5)6/h1-7H3. The molecule has 5 heteroatoms. The fourth-order valence-corrected chi connectivity index (χ4v) is 10.0. The van der Waals surface area contributed by atoms with Gasteiger partial charge < -0.3 is 0 Å². The lowest BCUT2D eigenvalue weighted by atomic mass is 10.1. The molecule has 0 unspecified atom stereocenters. The molecule has 1 aliphatic heterocycles. The van der Waals surface area contributed by atoms with Crippen molar-refractivity contribution in [2.24, 2.45) is 0 Å². The molecule has 14 heavy (non-hydrogen) atoms. The lowest BCUT2D eigenvalue weighted by Crippen LogP contribution is -2.51. The average Bonchev–Trinajstić information content (AvgIpc) is 1.78. The second-order valence-electron chi connectivity index (χ2n) is 5.65. The maximum atomic E-state index is 6.48. The van der Waals surface area contributed by atoms with Crippen molar-refractivity contribution >= 4 is 27.0 Å². The minimum Gasteiger partial charge on any atom is -0.216 e. The lowest BCUT2D eigenvalue weighted by molar-refractivity contribution is 0.291. The molecule has 0 saturated carbocycles. The molecule has 0 bridgehead atoms. The van der Waals surface area contributed by atoms with Crippen molar-refractivity contribution in [3.8, 4) is 0 Å². The first-order chi connectivity index (χ1) is 6.07. The van der Waals surface area contributed by atoms with E-state index in [1.807, 2.05) is 0 Å². The second kappa shape index (κ2) is 3.82. The van der Waals surface area contributed by atoms with Gasteiger partial charge in [0.1, 0.15) is 0 Å². The molecule has 2 nitrogen and oxygen atoms in total. The highest BCUT2D eigenvalue weighted by molar-refractivity contribution is 7.96. The van der Waals surface area contributed by atoms with Crippen LogP contribution >= 0.6 is 27.0 Å². The minimum atomic E-state index is -0.592. The summed E-state index contributed by atoms with van der Waals surface area (Å²) in [7, 11) is -0.789. The van der Waals surface area contributed by atoms with Crippen molar-refractivity contribution in [1.82, 2.24) is 8.88 Å². The van der Waals surface area contributed by atoms with Crippen LogP contribution in [0.1, 0.15) is 41.5 Å². The van der Waals surface area contributed by atoms with Crippen LogP contribution in [-0.4, -0.2) is 26.6 Å². The smallest absolute Gasteiger partial charge is 0.150 e. The zero-order chi connectivity index (χ0) is 11.3. The van der Waals surface area contributed by atoms with E-state index in [4.69, 9.17) is 11.2 Å². The van der Waals surface area contributed by atoms with Crippen LogP contribution in [0.15, 0.2) is 0 Å². The van der Waals surface area contributed by atoms with Gasteiger partial charge in [-0.25, -0.2) is 8.88 Å². The summed E-state index contributed by atoms with van der Waals surface area (Å²) in [6.45, 7) is 15.7. The van der Waals surface area contributed by atoms with Crippen molar-refractivity contribution in [3.63, 3.8) is 0 Å². The maximum absolute atomic E-state index is 6.48. The first kappa shape index (κ1) is 13.1. The molecule has 1 rings (SSSR count). The SMILES string of the molecule is CP1N(C(C)(C)C)P(Cl)N1C(C)(C)C. The van der Waals surface area contributed by atoms with Crippen molar-refractivity contribution in [2.75, 3.05) is 6.66 Å². The van der Waals surface area contributed by atoms with Crippen molar-refractivity contribution in [3.05, 3.63) is 0 Å². The molecular formula is C9H21ClN2P2. The fourth-order valence-electron chi connectivity index (χ4n) is 1.71. The summed E-state index contributed by atoms with van der Waals surface area (Å²) in [5.41, 5.74) is 0.408. The van der Waals surface area contributed by atoms with Gasteiger partial charge in [-0.1, -0.05) is 11.2 Å². The summed E-state index contributed by atoms with van der Waals surface area (Å²) in [6.07, 6.45) is 0. The van der Waals surface area contributed by atoms with Crippen LogP contribution in [0, 0.1) is 0 Å². The van der Waals surface area contributed by atoms with Gasteiger partial charge in [0.15, 0.2) is 7.58 Å². The second-order valence-corrected chi connectivity index (χ2v) is 10.2. The molecule has 0 radical (unpaired) electrons. The summed E-state index contributed by atoms with van der Waals surface area (Å²) in [5, 5.41) is 0. The van der Waals surface area contributed by atoms with Gasteiger partial charge in [-0.3, -0.25) is 0 Å². The molecule has 0 aromatic carbocycles. The van der Waals surface area contributed by atoms with E-state index in [1.54, 1.807) is 0 Å². The molecule has 1 fully saturated rings. The molecular weight excluding hydrogens is 234 g/mol. The predicted molar refractivity (Wildman–Crippen MR) is 68.8 cm³/mol. The Labute approximate surface area is 95.5 Å². The van der Waals surface area contributed by atoms with E-state index in [-0.39, 0.29) is 19.3 Å². The highest BCUT2D eigenvalue weighted by Gasteiger charge is 2.52. The largest absolute Gasteiger partial charge is 0.216 e. The summed E-state index contributed by atoms with van der Waals surface area (Å²) >= 11 is 6.48. The highest BCUT2D eigenvalue weighted by atomic mass is 35.7. The fraction of sp³-hybridized carbons (Fsp3) is 1.00. The Bertz CT molecular complexity index is 190. The molecule has 0 N–H and O–H groups in total. The summed E-state index contributed by atoms with van der Waals surface area (Å²) in [4.78, 5) is 0. The molecule has 84 valence electrons. The Morgan fingerprint density at radius 2 is 1.14 bits per heavy atom. The molecule has 0 atom stereocenters. The van der Waals surface area contributed by atoms with Gasteiger partial charge in [0.25, 0.3) is 0 Å². The maximum Gasteiger partial charge on any atom is 0.150 e. The van der Waals surface area contributed by atoms with Crippen LogP contribution in [0.2, 0.25) is 0 Å². The third-order valence-corrected chi connectivity index (χ3v) is 10.3. The van der Waals surface area contributed by atoms with E-state index >= 15 is 0 Å². The Kier molecular flexibility index (Phi) is 3.59.